The summed E-state index contributed by atoms with van der Waals surface area (Å²) in [6.07, 6.45) is -5.87. The number of aliphatic hydroxyl groups excluding tert-OH is 4. The number of aliphatic hydroxyl groups is 4. The number of rotatable bonds is 6. The van der Waals surface area contributed by atoms with Crippen molar-refractivity contribution >= 4 is 11.8 Å². The first-order chi connectivity index (χ1) is 6.40. The van der Waals surface area contributed by atoms with Crippen molar-refractivity contribution in [3.63, 3.8) is 0 Å². The van der Waals surface area contributed by atoms with Crippen LogP contribution < -0.4 is 0 Å². The maximum absolute atomic E-state index is 10.6. The molecule has 0 radical (unpaired) electrons. The zero-order valence-electron chi connectivity index (χ0n) is 7.20. The first-order valence-corrected chi connectivity index (χ1v) is 3.81. The monoisotopic (exact) mass is 208 g/mol. The summed E-state index contributed by atoms with van der Waals surface area (Å²) in [6, 6.07) is 0. The highest BCUT2D eigenvalue weighted by molar-refractivity contribution is 6.32. The standard InChI is InChI=1S/C7H12O7/c8-2-5(11)6(12)3(9)1-4(10)7(13)14/h3,5-6,8-9,11-12H,1-2H2,(H,13,14)/t3-,5+,6-/m0/s1. The molecule has 7 heteroatoms. The molecule has 0 aliphatic carbocycles. The summed E-state index contributed by atoms with van der Waals surface area (Å²) in [7, 11) is 0. The molecule has 0 saturated heterocycles. The van der Waals surface area contributed by atoms with E-state index in [4.69, 9.17) is 25.5 Å². The summed E-state index contributed by atoms with van der Waals surface area (Å²) in [5.74, 6) is -3.00. The fraction of sp³-hybridized carbons (Fsp3) is 0.714. The average molecular weight is 208 g/mol. The largest absolute Gasteiger partial charge is 0.475 e. The maximum Gasteiger partial charge on any atom is 0.372 e. The fourth-order valence-electron chi connectivity index (χ4n) is 0.762. The van der Waals surface area contributed by atoms with Gasteiger partial charge in [0.05, 0.1) is 12.7 Å². The van der Waals surface area contributed by atoms with Crippen LogP contribution in [0.2, 0.25) is 0 Å². The molecular weight excluding hydrogens is 196 g/mol. The van der Waals surface area contributed by atoms with Gasteiger partial charge in [0, 0.05) is 6.42 Å². The van der Waals surface area contributed by atoms with Crippen molar-refractivity contribution in [2.75, 3.05) is 6.61 Å². The van der Waals surface area contributed by atoms with Crippen molar-refractivity contribution in [1.82, 2.24) is 0 Å². The van der Waals surface area contributed by atoms with Gasteiger partial charge in [0.15, 0.2) is 0 Å². The average Bonchev–Trinajstić information content (AvgIpc) is 2.14. The van der Waals surface area contributed by atoms with Crippen LogP contribution in [0.5, 0.6) is 0 Å². The Bertz CT molecular complexity index is 214. The molecule has 0 aromatic carbocycles. The first kappa shape index (κ1) is 13.0. The molecule has 0 fully saturated rings. The number of Topliss-reactive ketones (excluding diaryl/α,β-unsaturated/α-hetero) is 1. The lowest BCUT2D eigenvalue weighted by Gasteiger charge is -2.20. The molecule has 14 heavy (non-hydrogen) atoms. The normalized spacial score (nSPS) is 17.1. The predicted octanol–water partition coefficient (Wildman–Crippen LogP) is -2.89. The van der Waals surface area contributed by atoms with E-state index in [1.807, 2.05) is 0 Å². The van der Waals surface area contributed by atoms with E-state index in [-0.39, 0.29) is 0 Å². The molecule has 0 spiro atoms. The van der Waals surface area contributed by atoms with Crippen molar-refractivity contribution in [1.29, 1.82) is 0 Å². The van der Waals surface area contributed by atoms with Gasteiger partial charge < -0.3 is 25.5 Å². The van der Waals surface area contributed by atoms with E-state index in [9.17, 15) is 9.59 Å². The number of carboxylic acids is 1. The van der Waals surface area contributed by atoms with Crippen molar-refractivity contribution in [2.24, 2.45) is 0 Å². The van der Waals surface area contributed by atoms with Crippen LogP contribution >= 0.6 is 0 Å². The van der Waals surface area contributed by atoms with Crippen LogP contribution in [0.4, 0.5) is 0 Å². The van der Waals surface area contributed by atoms with Gasteiger partial charge >= 0.3 is 5.97 Å². The van der Waals surface area contributed by atoms with Crippen LogP contribution in [0.15, 0.2) is 0 Å². The highest BCUT2D eigenvalue weighted by Crippen LogP contribution is 2.04. The second-order valence-electron chi connectivity index (χ2n) is 2.74. The smallest absolute Gasteiger partial charge is 0.372 e. The van der Waals surface area contributed by atoms with Gasteiger partial charge in [-0.15, -0.1) is 0 Å². The molecule has 0 aromatic rings. The SMILES string of the molecule is O=C(O)C(=O)C[C@H](O)[C@H](O)[C@H](O)CO. The number of ketones is 1. The third kappa shape index (κ3) is 3.79. The number of hydrogen-bond donors (Lipinski definition) is 5. The van der Waals surface area contributed by atoms with Crippen LogP contribution in [0.1, 0.15) is 6.42 Å². The van der Waals surface area contributed by atoms with E-state index in [2.05, 4.69) is 0 Å². The minimum Gasteiger partial charge on any atom is -0.475 e. The molecule has 5 N–H and O–H groups in total. The van der Waals surface area contributed by atoms with Crippen molar-refractivity contribution in [2.45, 2.75) is 24.7 Å². The number of aliphatic carboxylic acids is 1. The highest BCUT2D eigenvalue weighted by Gasteiger charge is 2.27. The molecule has 0 saturated carbocycles. The Kier molecular flexibility index (Phi) is 5.24. The van der Waals surface area contributed by atoms with E-state index >= 15 is 0 Å². The third-order valence-corrected chi connectivity index (χ3v) is 1.61. The van der Waals surface area contributed by atoms with E-state index < -0.39 is 43.1 Å². The second kappa shape index (κ2) is 5.66. The molecule has 0 aromatic heterocycles. The Labute approximate surface area is 79.2 Å². The van der Waals surface area contributed by atoms with Gasteiger partial charge in [-0.1, -0.05) is 0 Å². The summed E-state index contributed by atoms with van der Waals surface area (Å²) in [6.45, 7) is -0.792. The molecule has 3 atom stereocenters. The lowest BCUT2D eigenvalue weighted by atomic mass is 10.0. The minimum atomic E-state index is -1.75. The molecule has 7 nitrogen and oxygen atoms in total. The summed E-state index contributed by atoms with van der Waals surface area (Å²) in [4.78, 5) is 20.6. The lowest BCUT2D eigenvalue weighted by molar-refractivity contribution is -0.151. The Hall–Kier alpha value is -1.02. The van der Waals surface area contributed by atoms with Crippen LogP contribution in [0.25, 0.3) is 0 Å². The number of carbonyl (C=O) groups excluding carboxylic acids is 1. The summed E-state index contributed by atoms with van der Waals surface area (Å²) < 4.78 is 0. The zero-order valence-corrected chi connectivity index (χ0v) is 7.20. The summed E-state index contributed by atoms with van der Waals surface area (Å²) in [5, 5.41) is 43.4. The first-order valence-electron chi connectivity index (χ1n) is 3.81. The van der Waals surface area contributed by atoms with Crippen LogP contribution in [-0.4, -0.2) is 62.2 Å². The van der Waals surface area contributed by atoms with E-state index in [0.29, 0.717) is 0 Å². The van der Waals surface area contributed by atoms with Gasteiger partial charge in [-0.3, -0.25) is 4.79 Å². The fourth-order valence-corrected chi connectivity index (χ4v) is 0.762. The van der Waals surface area contributed by atoms with Gasteiger partial charge in [-0.2, -0.15) is 0 Å². The van der Waals surface area contributed by atoms with E-state index in [1.54, 1.807) is 0 Å². The summed E-state index contributed by atoms with van der Waals surface area (Å²) >= 11 is 0. The second-order valence-corrected chi connectivity index (χ2v) is 2.74. The van der Waals surface area contributed by atoms with Crippen molar-refractivity contribution in [3.8, 4) is 0 Å². The summed E-state index contributed by atoms with van der Waals surface area (Å²) in [5.41, 5.74) is 0. The van der Waals surface area contributed by atoms with Gasteiger partial charge in [0.2, 0.25) is 5.78 Å². The molecule has 0 bridgehead atoms. The number of hydrogen-bond acceptors (Lipinski definition) is 6. The molecule has 0 aliphatic rings. The van der Waals surface area contributed by atoms with Gasteiger partial charge in [-0.25, -0.2) is 4.79 Å². The predicted molar refractivity (Wildman–Crippen MR) is 42.4 cm³/mol. The van der Waals surface area contributed by atoms with Gasteiger partial charge in [0.25, 0.3) is 0 Å². The number of carboxylic acid groups (broad SMARTS) is 1. The molecule has 0 unspecified atom stereocenters. The minimum absolute atomic E-state index is 0.792. The Morgan fingerprint density at radius 2 is 1.57 bits per heavy atom. The Morgan fingerprint density at radius 1 is 1.07 bits per heavy atom. The van der Waals surface area contributed by atoms with Crippen LogP contribution in [-0.2, 0) is 9.59 Å². The van der Waals surface area contributed by atoms with E-state index in [0.717, 1.165) is 0 Å². The molecule has 0 rings (SSSR count). The molecule has 82 valence electrons. The molecule has 0 amide bonds. The van der Waals surface area contributed by atoms with Crippen LogP contribution in [0, 0.1) is 0 Å². The Balaban J connectivity index is 4.13. The van der Waals surface area contributed by atoms with Crippen molar-refractivity contribution < 1.29 is 35.1 Å². The molecule has 0 aliphatic heterocycles. The molecule has 0 heterocycles. The topological polar surface area (TPSA) is 135 Å². The molecular formula is C7H12O7. The highest BCUT2D eigenvalue weighted by atomic mass is 16.4. The Morgan fingerprint density at radius 3 is 1.93 bits per heavy atom. The number of carbonyl (C=O) groups is 2. The van der Waals surface area contributed by atoms with Gasteiger partial charge in [-0.05, 0) is 0 Å². The van der Waals surface area contributed by atoms with Crippen molar-refractivity contribution in [3.05, 3.63) is 0 Å². The van der Waals surface area contributed by atoms with E-state index in [1.165, 1.54) is 0 Å². The maximum atomic E-state index is 10.6. The van der Waals surface area contributed by atoms with Crippen LogP contribution in [0.3, 0.4) is 0 Å². The van der Waals surface area contributed by atoms with Gasteiger partial charge in [0.1, 0.15) is 12.2 Å². The quantitative estimate of drug-likeness (QED) is 0.295. The lowest BCUT2D eigenvalue weighted by Crippen LogP contribution is -2.41. The zero-order chi connectivity index (χ0) is 11.3. The third-order valence-electron chi connectivity index (χ3n) is 1.61.